The highest BCUT2D eigenvalue weighted by atomic mass is 35.5. The Labute approximate surface area is 224 Å². The molecule has 0 aliphatic carbocycles. The third-order valence-electron chi connectivity index (χ3n) is 5.75. The molecule has 0 radical (unpaired) electrons. The molecule has 0 fully saturated rings. The van der Waals surface area contributed by atoms with Gasteiger partial charge in [0.15, 0.2) is 0 Å². The molecule has 2 aromatic rings. The zero-order valence-corrected chi connectivity index (χ0v) is 23.8. The Kier molecular flexibility index (Phi) is 11.1. The standard InChI is InChI=1S/C26H35Cl2N3O4S/c1-6-23(26(33)29-18(2)3)30(17-20-11-8-7-10-19(20)4)25(32)12-9-15-31(36(5,34)35)24-16-21(27)13-14-22(24)28/h7-8,10-11,13-14,16,18,23H,6,9,12,15,17H2,1-5H3,(H,29,33). The van der Waals surface area contributed by atoms with E-state index in [-0.39, 0.29) is 54.5 Å². The second-order valence-corrected chi connectivity index (χ2v) is 11.8. The maximum atomic E-state index is 13.5. The molecule has 0 saturated carbocycles. The van der Waals surface area contributed by atoms with Crippen molar-refractivity contribution in [3.8, 4) is 0 Å². The molecular weight excluding hydrogens is 521 g/mol. The van der Waals surface area contributed by atoms with E-state index in [2.05, 4.69) is 5.32 Å². The molecule has 0 heterocycles. The van der Waals surface area contributed by atoms with Gasteiger partial charge in [0.25, 0.3) is 0 Å². The number of nitrogens with one attached hydrogen (secondary N) is 1. The largest absolute Gasteiger partial charge is 0.352 e. The van der Waals surface area contributed by atoms with E-state index in [0.717, 1.165) is 21.7 Å². The number of hydrogen-bond donors (Lipinski definition) is 1. The van der Waals surface area contributed by atoms with Gasteiger partial charge in [0.2, 0.25) is 21.8 Å². The van der Waals surface area contributed by atoms with Crippen LogP contribution in [-0.2, 0) is 26.2 Å². The van der Waals surface area contributed by atoms with Gasteiger partial charge in [0.05, 0.1) is 17.0 Å². The maximum absolute atomic E-state index is 13.5. The average molecular weight is 557 g/mol. The summed E-state index contributed by atoms with van der Waals surface area (Å²) in [5, 5.41) is 3.51. The number of aryl methyl sites for hydroxylation is 1. The van der Waals surface area contributed by atoms with E-state index in [1.54, 1.807) is 11.0 Å². The number of nitrogens with zero attached hydrogens (tertiary/aromatic N) is 2. The van der Waals surface area contributed by atoms with Gasteiger partial charge >= 0.3 is 0 Å². The normalized spacial score (nSPS) is 12.3. The Bertz CT molecular complexity index is 1170. The molecule has 10 heteroatoms. The Morgan fingerprint density at radius 1 is 1.08 bits per heavy atom. The van der Waals surface area contributed by atoms with Crippen molar-refractivity contribution in [3.63, 3.8) is 0 Å². The minimum atomic E-state index is -3.68. The first kappa shape index (κ1) is 29.9. The lowest BCUT2D eigenvalue weighted by atomic mass is 10.0. The fourth-order valence-electron chi connectivity index (χ4n) is 3.93. The van der Waals surface area contributed by atoms with E-state index in [1.807, 2.05) is 52.0 Å². The summed E-state index contributed by atoms with van der Waals surface area (Å²) in [6, 6.07) is 11.6. The van der Waals surface area contributed by atoms with Crippen molar-refractivity contribution in [2.24, 2.45) is 0 Å². The van der Waals surface area contributed by atoms with Crippen LogP contribution in [-0.4, -0.2) is 50.0 Å². The number of carbonyl (C=O) groups is 2. The van der Waals surface area contributed by atoms with Gasteiger partial charge in [-0.25, -0.2) is 8.42 Å². The van der Waals surface area contributed by atoms with E-state index in [9.17, 15) is 18.0 Å². The number of hydrogen-bond acceptors (Lipinski definition) is 4. The van der Waals surface area contributed by atoms with E-state index in [0.29, 0.717) is 11.4 Å². The summed E-state index contributed by atoms with van der Waals surface area (Å²) in [4.78, 5) is 28.0. The van der Waals surface area contributed by atoms with Crippen LogP contribution in [0, 0.1) is 6.92 Å². The average Bonchev–Trinajstić information content (AvgIpc) is 2.78. The molecule has 7 nitrogen and oxygen atoms in total. The van der Waals surface area contributed by atoms with Crippen LogP contribution < -0.4 is 9.62 Å². The molecule has 0 spiro atoms. The molecule has 0 bridgehead atoms. The molecule has 0 saturated heterocycles. The maximum Gasteiger partial charge on any atom is 0.243 e. The smallest absolute Gasteiger partial charge is 0.243 e. The van der Waals surface area contributed by atoms with Gasteiger partial charge in [0, 0.05) is 30.6 Å². The lowest BCUT2D eigenvalue weighted by Crippen LogP contribution is -2.50. The van der Waals surface area contributed by atoms with Crippen LogP contribution in [0.2, 0.25) is 10.0 Å². The molecule has 1 N–H and O–H groups in total. The van der Waals surface area contributed by atoms with Gasteiger partial charge in [0.1, 0.15) is 6.04 Å². The fraction of sp³-hybridized carbons (Fsp3) is 0.462. The highest BCUT2D eigenvalue weighted by Gasteiger charge is 2.29. The van der Waals surface area contributed by atoms with Crippen LogP contribution in [0.15, 0.2) is 42.5 Å². The van der Waals surface area contributed by atoms with Gasteiger partial charge < -0.3 is 10.2 Å². The first-order valence-corrected chi connectivity index (χ1v) is 14.5. The molecule has 198 valence electrons. The van der Waals surface area contributed by atoms with Crippen LogP contribution >= 0.6 is 23.2 Å². The van der Waals surface area contributed by atoms with E-state index < -0.39 is 16.1 Å². The first-order chi connectivity index (χ1) is 16.8. The number of benzene rings is 2. The van der Waals surface area contributed by atoms with E-state index in [4.69, 9.17) is 23.2 Å². The zero-order chi connectivity index (χ0) is 27.0. The van der Waals surface area contributed by atoms with Crippen molar-refractivity contribution in [2.75, 3.05) is 17.1 Å². The first-order valence-electron chi connectivity index (χ1n) is 11.9. The van der Waals surface area contributed by atoms with Gasteiger partial charge in [-0.2, -0.15) is 0 Å². The van der Waals surface area contributed by atoms with Gasteiger partial charge in [-0.3, -0.25) is 13.9 Å². The van der Waals surface area contributed by atoms with Crippen molar-refractivity contribution >= 4 is 50.7 Å². The summed E-state index contributed by atoms with van der Waals surface area (Å²) in [6.07, 6.45) is 1.83. The molecule has 0 aliphatic heterocycles. The van der Waals surface area contributed by atoms with Crippen LogP contribution in [0.3, 0.4) is 0 Å². The van der Waals surface area contributed by atoms with Crippen molar-refractivity contribution in [3.05, 3.63) is 63.6 Å². The minimum absolute atomic E-state index is 0.0395. The highest BCUT2D eigenvalue weighted by Crippen LogP contribution is 2.31. The summed E-state index contributed by atoms with van der Waals surface area (Å²) < 4.78 is 26.2. The number of rotatable bonds is 12. The third kappa shape index (κ3) is 8.39. The number of amides is 2. The summed E-state index contributed by atoms with van der Waals surface area (Å²) in [6.45, 7) is 7.90. The van der Waals surface area contributed by atoms with Gasteiger partial charge in [-0.05, 0) is 62.9 Å². The predicted molar refractivity (Wildman–Crippen MR) is 147 cm³/mol. The lowest BCUT2D eigenvalue weighted by Gasteiger charge is -2.32. The monoisotopic (exact) mass is 555 g/mol. The summed E-state index contributed by atoms with van der Waals surface area (Å²) >= 11 is 12.3. The number of halogens is 2. The fourth-order valence-corrected chi connectivity index (χ4v) is 5.34. The van der Waals surface area contributed by atoms with Crippen molar-refractivity contribution < 1.29 is 18.0 Å². The molecule has 1 unspecified atom stereocenters. The molecule has 1 atom stereocenters. The molecule has 2 rings (SSSR count). The molecule has 0 aliphatic rings. The lowest BCUT2D eigenvalue weighted by molar-refractivity contribution is -0.141. The Hall–Kier alpha value is -2.29. The van der Waals surface area contributed by atoms with E-state index >= 15 is 0 Å². The SMILES string of the molecule is CCC(C(=O)NC(C)C)N(Cc1ccccc1C)C(=O)CCCN(c1cc(Cl)ccc1Cl)S(C)(=O)=O. The topological polar surface area (TPSA) is 86.8 Å². The second-order valence-electron chi connectivity index (χ2n) is 9.07. The Morgan fingerprint density at radius 2 is 1.75 bits per heavy atom. The number of anilines is 1. The van der Waals surface area contributed by atoms with Crippen LogP contribution in [0.1, 0.15) is 51.2 Å². The molecular formula is C26H35Cl2N3O4S. The minimum Gasteiger partial charge on any atom is -0.352 e. The van der Waals surface area contributed by atoms with Crippen LogP contribution in [0.5, 0.6) is 0 Å². The Balaban J connectivity index is 2.26. The number of sulfonamides is 1. The predicted octanol–water partition coefficient (Wildman–Crippen LogP) is 5.18. The van der Waals surface area contributed by atoms with Gasteiger partial charge in [-0.1, -0.05) is 54.4 Å². The Morgan fingerprint density at radius 3 is 2.33 bits per heavy atom. The summed E-state index contributed by atoms with van der Waals surface area (Å²) in [7, 11) is -3.68. The van der Waals surface area contributed by atoms with Crippen LogP contribution in [0.25, 0.3) is 0 Å². The zero-order valence-electron chi connectivity index (χ0n) is 21.4. The van der Waals surface area contributed by atoms with Crippen molar-refractivity contribution in [1.29, 1.82) is 0 Å². The quantitative estimate of drug-likeness (QED) is 0.391. The molecule has 36 heavy (non-hydrogen) atoms. The summed E-state index contributed by atoms with van der Waals surface area (Å²) in [5.41, 5.74) is 2.23. The molecule has 2 aromatic carbocycles. The second kappa shape index (κ2) is 13.3. The summed E-state index contributed by atoms with van der Waals surface area (Å²) in [5.74, 6) is -0.437. The molecule has 0 aromatic heterocycles. The van der Waals surface area contributed by atoms with Crippen LogP contribution in [0.4, 0.5) is 5.69 Å². The third-order valence-corrected chi connectivity index (χ3v) is 7.48. The number of carbonyl (C=O) groups excluding carboxylic acids is 2. The van der Waals surface area contributed by atoms with E-state index in [1.165, 1.54) is 12.1 Å². The van der Waals surface area contributed by atoms with Crippen molar-refractivity contribution in [2.45, 2.75) is 65.6 Å². The molecule has 2 amide bonds. The van der Waals surface area contributed by atoms with Gasteiger partial charge in [-0.15, -0.1) is 0 Å². The highest BCUT2D eigenvalue weighted by molar-refractivity contribution is 7.92. The van der Waals surface area contributed by atoms with Crippen molar-refractivity contribution in [1.82, 2.24) is 10.2 Å².